The molecule has 0 spiro atoms. The minimum atomic E-state index is -3.84. The molecule has 0 aliphatic carbocycles. The van der Waals surface area contributed by atoms with Gasteiger partial charge < -0.3 is 15.2 Å². The summed E-state index contributed by atoms with van der Waals surface area (Å²) in [6.45, 7) is 6.03. The van der Waals surface area contributed by atoms with Crippen molar-refractivity contribution in [2.75, 3.05) is 20.8 Å². The molecule has 7 heteroatoms. The van der Waals surface area contributed by atoms with E-state index in [0.29, 0.717) is 12.3 Å². The molecular formula is C15H26N2O4S. The largest absolute Gasteiger partial charge is 0.495 e. The van der Waals surface area contributed by atoms with Crippen LogP contribution in [0.4, 0.5) is 0 Å². The molecule has 0 aliphatic rings. The Morgan fingerprint density at radius 2 is 1.73 bits per heavy atom. The van der Waals surface area contributed by atoms with Gasteiger partial charge in [0.15, 0.2) is 4.90 Å². The van der Waals surface area contributed by atoms with Crippen LogP contribution in [0.3, 0.4) is 0 Å². The van der Waals surface area contributed by atoms with Crippen molar-refractivity contribution in [3.63, 3.8) is 0 Å². The van der Waals surface area contributed by atoms with Crippen molar-refractivity contribution in [3.05, 3.63) is 18.2 Å². The first kappa shape index (κ1) is 18.7. The lowest BCUT2D eigenvalue weighted by molar-refractivity contribution is 0.340. The maximum atomic E-state index is 12.8. The van der Waals surface area contributed by atoms with Gasteiger partial charge in [-0.3, -0.25) is 0 Å². The van der Waals surface area contributed by atoms with Gasteiger partial charge in [0, 0.05) is 12.1 Å². The zero-order valence-corrected chi connectivity index (χ0v) is 14.7. The van der Waals surface area contributed by atoms with Crippen LogP contribution in [0.5, 0.6) is 11.5 Å². The molecule has 0 saturated heterocycles. The first-order chi connectivity index (χ1) is 10.2. The number of hydrogen-bond acceptors (Lipinski definition) is 5. The van der Waals surface area contributed by atoms with Crippen molar-refractivity contribution in [1.82, 2.24) is 4.72 Å². The summed E-state index contributed by atoms with van der Waals surface area (Å²) in [6, 6.07) is 4.84. The van der Waals surface area contributed by atoms with E-state index in [-0.39, 0.29) is 22.9 Å². The Labute approximate surface area is 133 Å². The molecule has 0 radical (unpaired) electrons. The normalized spacial score (nSPS) is 14.7. The standard InChI is InChI=1S/C15H26N2O4S/c1-11(2)9-15(3,10-16)17-22(18,19)14-12(20-4)7-6-8-13(14)21-5/h6-8,11,17H,9-10,16H2,1-5H3. The van der Waals surface area contributed by atoms with E-state index in [1.807, 2.05) is 13.8 Å². The minimum Gasteiger partial charge on any atom is -0.495 e. The third-order valence-electron chi connectivity index (χ3n) is 3.34. The number of ether oxygens (including phenoxy) is 2. The number of benzene rings is 1. The van der Waals surface area contributed by atoms with Crippen LogP contribution in [-0.2, 0) is 10.0 Å². The molecule has 0 bridgehead atoms. The Hall–Kier alpha value is -1.31. The fourth-order valence-corrected chi connectivity index (χ4v) is 4.28. The highest BCUT2D eigenvalue weighted by molar-refractivity contribution is 7.89. The summed E-state index contributed by atoms with van der Waals surface area (Å²) in [4.78, 5) is -0.0107. The molecular weight excluding hydrogens is 304 g/mol. The van der Waals surface area contributed by atoms with E-state index in [1.165, 1.54) is 14.2 Å². The van der Waals surface area contributed by atoms with Gasteiger partial charge >= 0.3 is 0 Å². The van der Waals surface area contributed by atoms with E-state index >= 15 is 0 Å². The maximum absolute atomic E-state index is 12.8. The van der Waals surface area contributed by atoms with Gasteiger partial charge in [0.1, 0.15) is 11.5 Å². The van der Waals surface area contributed by atoms with E-state index in [9.17, 15) is 8.42 Å². The van der Waals surface area contributed by atoms with Crippen LogP contribution in [0.1, 0.15) is 27.2 Å². The van der Waals surface area contributed by atoms with Crippen molar-refractivity contribution >= 4 is 10.0 Å². The Kier molecular flexibility index (Phi) is 6.22. The lowest BCUT2D eigenvalue weighted by Crippen LogP contribution is -2.52. The molecule has 0 fully saturated rings. The van der Waals surface area contributed by atoms with Crippen LogP contribution >= 0.6 is 0 Å². The fourth-order valence-electron chi connectivity index (χ4n) is 2.53. The Morgan fingerprint density at radius 3 is 2.09 bits per heavy atom. The van der Waals surface area contributed by atoms with Crippen LogP contribution in [0, 0.1) is 5.92 Å². The molecule has 126 valence electrons. The highest BCUT2D eigenvalue weighted by Crippen LogP contribution is 2.34. The molecule has 0 heterocycles. The lowest BCUT2D eigenvalue weighted by Gasteiger charge is -2.31. The van der Waals surface area contributed by atoms with Crippen molar-refractivity contribution in [3.8, 4) is 11.5 Å². The summed E-state index contributed by atoms with van der Waals surface area (Å²) in [7, 11) is -1.000. The Bertz CT molecular complexity index is 579. The molecule has 0 saturated carbocycles. The molecule has 0 aromatic heterocycles. The maximum Gasteiger partial charge on any atom is 0.248 e. The van der Waals surface area contributed by atoms with Crippen LogP contribution in [0.2, 0.25) is 0 Å². The van der Waals surface area contributed by atoms with Gasteiger partial charge in [-0.15, -0.1) is 0 Å². The SMILES string of the molecule is COc1cccc(OC)c1S(=O)(=O)NC(C)(CN)CC(C)C. The van der Waals surface area contributed by atoms with Crippen molar-refractivity contribution in [2.45, 2.75) is 37.6 Å². The molecule has 1 unspecified atom stereocenters. The molecule has 0 aliphatic heterocycles. The van der Waals surface area contributed by atoms with Crippen LogP contribution in [0.15, 0.2) is 23.1 Å². The molecule has 0 amide bonds. The van der Waals surface area contributed by atoms with E-state index in [2.05, 4.69) is 4.72 Å². The van der Waals surface area contributed by atoms with Crippen molar-refractivity contribution in [2.24, 2.45) is 11.7 Å². The summed E-state index contributed by atoms with van der Waals surface area (Å²) in [5.41, 5.74) is 5.06. The monoisotopic (exact) mass is 330 g/mol. The molecule has 1 rings (SSSR count). The first-order valence-electron chi connectivity index (χ1n) is 7.14. The van der Waals surface area contributed by atoms with E-state index in [4.69, 9.17) is 15.2 Å². The van der Waals surface area contributed by atoms with E-state index < -0.39 is 15.6 Å². The van der Waals surface area contributed by atoms with Crippen LogP contribution < -0.4 is 19.9 Å². The average molecular weight is 330 g/mol. The summed E-state index contributed by atoms with van der Waals surface area (Å²) in [5.74, 6) is 0.766. The quantitative estimate of drug-likeness (QED) is 0.758. The predicted molar refractivity (Wildman–Crippen MR) is 86.8 cm³/mol. The van der Waals surface area contributed by atoms with Crippen LogP contribution in [0.25, 0.3) is 0 Å². The molecule has 1 aromatic carbocycles. The predicted octanol–water partition coefficient (Wildman–Crippen LogP) is 1.75. The second-order valence-corrected chi connectivity index (χ2v) is 7.58. The van der Waals surface area contributed by atoms with Crippen LogP contribution in [-0.4, -0.2) is 34.7 Å². The van der Waals surface area contributed by atoms with E-state index in [1.54, 1.807) is 25.1 Å². The van der Waals surface area contributed by atoms with Gasteiger partial charge in [-0.05, 0) is 31.4 Å². The summed E-state index contributed by atoms with van der Waals surface area (Å²) in [5, 5.41) is 0. The zero-order valence-electron chi connectivity index (χ0n) is 13.8. The highest BCUT2D eigenvalue weighted by Gasteiger charge is 2.33. The van der Waals surface area contributed by atoms with Gasteiger partial charge in [0.05, 0.1) is 14.2 Å². The smallest absolute Gasteiger partial charge is 0.248 e. The summed E-state index contributed by atoms with van der Waals surface area (Å²) < 4.78 is 38.7. The van der Waals surface area contributed by atoms with Gasteiger partial charge in [-0.2, -0.15) is 0 Å². The number of methoxy groups -OCH3 is 2. The number of nitrogens with two attached hydrogens (primary N) is 1. The zero-order chi connectivity index (χ0) is 17.0. The van der Waals surface area contributed by atoms with Gasteiger partial charge in [0.2, 0.25) is 10.0 Å². The number of hydrogen-bond donors (Lipinski definition) is 2. The molecule has 1 atom stereocenters. The van der Waals surface area contributed by atoms with Gasteiger partial charge in [0.25, 0.3) is 0 Å². The molecule has 3 N–H and O–H groups in total. The molecule has 6 nitrogen and oxygen atoms in total. The lowest BCUT2D eigenvalue weighted by atomic mass is 9.92. The van der Waals surface area contributed by atoms with Crippen molar-refractivity contribution in [1.29, 1.82) is 0 Å². The van der Waals surface area contributed by atoms with E-state index in [0.717, 1.165) is 0 Å². The average Bonchev–Trinajstić information content (AvgIpc) is 2.44. The number of nitrogens with one attached hydrogen (secondary N) is 1. The first-order valence-corrected chi connectivity index (χ1v) is 8.62. The summed E-state index contributed by atoms with van der Waals surface area (Å²) >= 11 is 0. The number of sulfonamides is 1. The van der Waals surface area contributed by atoms with Gasteiger partial charge in [-0.25, -0.2) is 13.1 Å². The highest BCUT2D eigenvalue weighted by atomic mass is 32.2. The topological polar surface area (TPSA) is 90.6 Å². The molecule has 22 heavy (non-hydrogen) atoms. The Balaban J connectivity index is 3.30. The van der Waals surface area contributed by atoms with Crippen molar-refractivity contribution < 1.29 is 17.9 Å². The second-order valence-electron chi connectivity index (χ2n) is 5.96. The third-order valence-corrected chi connectivity index (χ3v) is 5.04. The van der Waals surface area contributed by atoms with Gasteiger partial charge in [-0.1, -0.05) is 19.9 Å². The Morgan fingerprint density at radius 1 is 1.23 bits per heavy atom. The fraction of sp³-hybridized carbons (Fsp3) is 0.600. The minimum absolute atomic E-state index is 0.0107. The second kappa shape index (κ2) is 7.30. The number of rotatable bonds is 8. The summed E-state index contributed by atoms with van der Waals surface area (Å²) in [6.07, 6.45) is 0.625. The molecule has 1 aromatic rings. The third kappa shape index (κ3) is 4.34.